The Morgan fingerprint density at radius 2 is 0.517 bits per heavy atom. The van der Waals surface area contributed by atoms with Gasteiger partial charge in [0.1, 0.15) is 39.3 Å². The van der Waals surface area contributed by atoms with Crippen LogP contribution in [0.2, 0.25) is 0 Å². The van der Waals surface area contributed by atoms with Crippen LogP contribution in [0.25, 0.3) is 226 Å². The summed E-state index contributed by atoms with van der Waals surface area (Å²) >= 11 is 0. The minimum atomic E-state index is 0.884. The van der Waals surface area contributed by atoms with Crippen LogP contribution in [-0.2, 0) is 0 Å². The van der Waals surface area contributed by atoms with Crippen LogP contribution in [0.1, 0.15) is 0 Å². The molecule has 0 radical (unpaired) electrons. The maximum Gasteiger partial charge on any atom is 0.137 e. The first-order chi connectivity index (χ1) is 58.5. The van der Waals surface area contributed by atoms with Crippen LogP contribution in [-0.4, -0.2) is 18.7 Å². The van der Waals surface area contributed by atoms with E-state index < -0.39 is 0 Å². The second-order valence-electron chi connectivity index (χ2n) is 30.5. The van der Waals surface area contributed by atoms with Crippen molar-refractivity contribution in [1.29, 1.82) is 0 Å². The van der Waals surface area contributed by atoms with E-state index in [9.17, 15) is 0 Å². The number of benzene rings is 18. The zero-order valence-corrected chi connectivity index (χ0v) is 63.9. The molecule has 0 saturated heterocycles. The average Bonchev–Trinajstić information content (AvgIpc) is 1.58. The Labute approximate surface area is 678 Å². The highest BCUT2D eigenvalue weighted by atomic mass is 16.3. The summed E-state index contributed by atoms with van der Waals surface area (Å²) in [4.78, 5) is 5.07. The number of para-hydroxylation sites is 6. The van der Waals surface area contributed by atoms with E-state index in [0.717, 1.165) is 111 Å². The highest BCUT2D eigenvalue weighted by Crippen LogP contribution is 2.45. The molecule has 25 rings (SSSR count). The van der Waals surface area contributed by atoms with Gasteiger partial charge in [-0.25, -0.2) is 4.98 Å². The lowest BCUT2D eigenvalue weighted by Crippen LogP contribution is -1.97. The molecule has 0 N–H and O–H groups in total. The third-order valence-corrected chi connectivity index (χ3v) is 23.6. The van der Waals surface area contributed by atoms with Gasteiger partial charge >= 0.3 is 0 Å². The first-order valence-electron chi connectivity index (χ1n) is 40.1. The third-order valence-electron chi connectivity index (χ3n) is 23.6. The van der Waals surface area contributed by atoms with E-state index in [4.69, 9.17) is 18.2 Å². The van der Waals surface area contributed by atoms with Gasteiger partial charge in [0.15, 0.2) is 0 Å². The quantitative estimate of drug-likeness (QED) is 0.144. The topological polar surface area (TPSA) is 67.1 Å². The van der Waals surface area contributed by atoms with Gasteiger partial charge in [-0.15, -0.1) is 0 Å². The lowest BCUT2D eigenvalue weighted by atomic mass is 9.94. The van der Waals surface area contributed by atoms with Gasteiger partial charge in [0.25, 0.3) is 0 Å². The van der Waals surface area contributed by atoms with Gasteiger partial charge in [-0.2, -0.15) is 0 Å². The minimum absolute atomic E-state index is 0.884. The number of furan rings is 3. The highest BCUT2D eigenvalue weighted by molar-refractivity contribution is 6.20. The van der Waals surface area contributed by atoms with Crippen molar-refractivity contribution in [3.05, 3.63) is 425 Å². The van der Waals surface area contributed by atoms with Crippen molar-refractivity contribution in [2.75, 3.05) is 0 Å². The SMILES string of the molecule is c1ccc(-c2cc(-c3ccccc3)cc(-c3ccc(-n4c5ccccc5c5cc6oc7ccccc7c6cc54)nc3)c2)cc1.c1ccc(-c2cc(-c3ccccc3)cc(-n3c4ccccc4c4cc5oc6ccccc6c5cc43)c2)cc1.c1ccc(-c2cccc3cc(-n4c5ccccc5c5cc6oc7ccccc7c6cc54)ccc23)cc1. The molecule has 118 heavy (non-hydrogen) atoms. The summed E-state index contributed by atoms with van der Waals surface area (Å²) in [5, 5.41) is 16.5. The van der Waals surface area contributed by atoms with Gasteiger partial charge in [0.2, 0.25) is 0 Å². The summed E-state index contributed by atoms with van der Waals surface area (Å²) in [6.07, 6.45) is 2.00. The Bertz CT molecular complexity index is 8100. The molecule has 0 spiro atoms. The van der Waals surface area contributed by atoms with E-state index in [0.29, 0.717) is 0 Å². The molecule has 25 aromatic rings. The molecule has 18 aromatic carbocycles. The molecule has 0 unspecified atom stereocenters. The first kappa shape index (κ1) is 67.8. The fourth-order valence-corrected chi connectivity index (χ4v) is 18.1. The van der Waals surface area contributed by atoms with Crippen molar-refractivity contribution < 1.29 is 13.3 Å². The van der Waals surface area contributed by atoms with Crippen LogP contribution in [0.15, 0.2) is 438 Å². The number of fused-ring (bicyclic) bond motifs is 19. The van der Waals surface area contributed by atoms with E-state index in [2.05, 4.69) is 396 Å². The molecule has 7 aromatic heterocycles. The fourth-order valence-electron chi connectivity index (χ4n) is 18.1. The largest absolute Gasteiger partial charge is 0.456 e. The maximum absolute atomic E-state index is 6.27. The Morgan fingerprint density at radius 1 is 0.169 bits per heavy atom. The van der Waals surface area contributed by atoms with Gasteiger partial charge in [-0.3, -0.25) is 4.57 Å². The summed E-state index contributed by atoms with van der Waals surface area (Å²) in [5.41, 5.74) is 29.1. The fraction of sp³-hybridized carbons (Fsp3) is 0. The number of hydrogen-bond donors (Lipinski definition) is 0. The van der Waals surface area contributed by atoms with Crippen molar-refractivity contribution >= 4 is 142 Å². The van der Waals surface area contributed by atoms with E-state index in [1.54, 1.807) is 0 Å². The molecule has 7 nitrogen and oxygen atoms in total. The van der Waals surface area contributed by atoms with Crippen molar-refractivity contribution in [1.82, 2.24) is 18.7 Å². The molecule has 0 atom stereocenters. The second-order valence-corrected chi connectivity index (χ2v) is 30.5. The van der Waals surface area contributed by atoms with Crippen LogP contribution in [0, 0.1) is 0 Å². The van der Waals surface area contributed by atoms with Crippen molar-refractivity contribution in [2.45, 2.75) is 0 Å². The third kappa shape index (κ3) is 11.6. The van der Waals surface area contributed by atoms with E-state index in [-0.39, 0.29) is 0 Å². The lowest BCUT2D eigenvalue weighted by molar-refractivity contribution is 0.669. The Morgan fingerprint density at radius 3 is 0.932 bits per heavy atom. The minimum Gasteiger partial charge on any atom is -0.456 e. The van der Waals surface area contributed by atoms with Crippen LogP contribution >= 0.6 is 0 Å². The van der Waals surface area contributed by atoms with Crippen molar-refractivity contribution in [3.8, 4) is 84.0 Å². The lowest BCUT2D eigenvalue weighted by Gasteiger charge is -2.14. The molecule has 7 heteroatoms. The van der Waals surface area contributed by atoms with Crippen LogP contribution < -0.4 is 0 Å². The summed E-state index contributed by atoms with van der Waals surface area (Å²) in [6, 6.07) is 149. The van der Waals surface area contributed by atoms with Gasteiger partial charge in [-0.05, 0) is 205 Å². The van der Waals surface area contributed by atoms with Gasteiger partial charge in [-0.1, -0.05) is 285 Å². The van der Waals surface area contributed by atoms with Gasteiger partial charge in [0.05, 0.1) is 33.1 Å². The Hall–Kier alpha value is -15.8. The monoisotopic (exact) mass is 1510 g/mol. The zero-order valence-electron chi connectivity index (χ0n) is 63.9. The normalized spacial score (nSPS) is 11.7. The molecule has 0 aliphatic rings. The Kier molecular flexibility index (Phi) is 16.1. The van der Waals surface area contributed by atoms with E-state index in [1.807, 2.05) is 42.6 Å². The molecular formula is C111H70N4O3. The van der Waals surface area contributed by atoms with Gasteiger partial charge < -0.3 is 22.4 Å². The smallest absolute Gasteiger partial charge is 0.137 e. The predicted molar refractivity (Wildman–Crippen MR) is 492 cm³/mol. The molecule has 0 aliphatic heterocycles. The second kappa shape index (κ2) is 28.1. The summed E-state index contributed by atoms with van der Waals surface area (Å²) in [6.45, 7) is 0. The molecule has 0 saturated carbocycles. The van der Waals surface area contributed by atoms with Gasteiger partial charge in [0, 0.05) is 87.8 Å². The summed E-state index contributed by atoms with van der Waals surface area (Å²) < 4.78 is 25.8. The zero-order chi connectivity index (χ0) is 77.7. The van der Waals surface area contributed by atoms with Crippen molar-refractivity contribution in [3.63, 3.8) is 0 Å². The molecule has 0 bridgehead atoms. The maximum atomic E-state index is 6.27. The summed E-state index contributed by atoms with van der Waals surface area (Å²) in [5.74, 6) is 0.884. The number of pyridine rings is 1. The van der Waals surface area contributed by atoms with E-state index >= 15 is 0 Å². The molecule has 0 aliphatic carbocycles. The van der Waals surface area contributed by atoms with Crippen LogP contribution in [0.4, 0.5) is 0 Å². The molecular weight excluding hydrogens is 1440 g/mol. The van der Waals surface area contributed by atoms with Crippen LogP contribution in [0.5, 0.6) is 0 Å². The predicted octanol–water partition coefficient (Wildman–Crippen LogP) is 30.6. The number of nitrogens with zero attached hydrogens (tertiary/aromatic N) is 4. The van der Waals surface area contributed by atoms with E-state index in [1.165, 1.54) is 115 Å². The summed E-state index contributed by atoms with van der Waals surface area (Å²) in [7, 11) is 0. The molecule has 7 heterocycles. The highest BCUT2D eigenvalue weighted by Gasteiger charge is 2.23. The number of rotatable bonds is 9. The molecule has 552 valence electrons. The number of aromatic nitrogens is 4. The molecule has 0 fully saturated rings. The standard InChI is InChI=1S/C41H26N2O.C36H23NO.C34H21NO/c1-3-11-27(12-4-1)30-21-31(28-13-5-2-6-14-28)23-32(22-30)29-19-20-41(42-26-29)43-37-17-9-7-15-33(37)35-25-40-36(24-38(35)43)34-16-8-10-18-39(34)44-40;1-3-11-24(12-4-1)26-19-27(25-13-5-2-6-14-25)21-28(20-26)37-33-17-9-7-15-29(33)31-23-36-32(22-34(31)37)30-16-8-10-18-35(30)38-36;1-2-9-22(10-3-1)25-14-8-11-23-19-24(17-18-26(23)25)35-31-15-6-4-12-27(31)29-21-34-30(20-32(29)35)28-13-5-7-16-33(28)36-34/h1-26H;1-23H;1-21H. The average molecular weight is 1510 g/mol. The first-order valence-corrected chi connectivity index (χ1v) is 40.1. The molecule has 0 amide bonds. The number of hydrogen-bond acceptors (Lipinski definition) is 4. The van der Waals surface area contributed by atoms with Crippen LogP contribution in [0.3, 0.4) is 0 Å². The Balaban J connectivity index is 0.000000104. The van der Waals surface area contributed by atoms with Crippen molar-refractivity contribution in [2.24, 2.45) is 0 Å².